The van der Waals surface area contributed by atoms with E-state index in [2.05, 4.69) is 9.97 Å². The zero-order chi connectivity index (χ0) is 22.2. The van der Waals surface area contributed by atoms with Crippen LogP contribution in [0.4, 0.5) is 5.82 Å². The molecular formula is C25H21N5OS. The molecule has 3 aromatic carbocycles. The summed E-state index contributed by atoms with van der Waals surface area (Å²) in [5.74, 6) is 1.48. The minimum Gasteiger partial charge on any atom is -0.383 e. The lowest BCUT2D eigenvalue weighted by Crippen LogP contribution is -2.22. The number of benzene rings is 3. The van der Waals surface area contributed by atoms with Crippen LogP contribution in [0.3, 0.4) is 0 Å². The fraction of sp³-hybridized carbons (Fsp3) is 0.120. The van der Waals surface area contributed by atoms with Crippen molar-refractivity contribution < 1.29 is 0 Å². The number of rotatable bonds is 4. The summed E-state index contributed by atoms with van der Waals surface area (Å²) in [7, 11) is 0. The molecule has 0 spiro atoms. The molecule has 5 aromatic rings. The van der Waals surface area contributed by atoms with Gasteiger partial charge in [0.25, 0.3) is 5.56 Å². The standard InChI is InChI=1S/C25H21N5OS/c1-15-11-12-16(2)21(13-15)30-24(31)18-8-4-6-10-20(18)28-25(30)32-14-22-27-19-9-5-3-7-17(19)23(26)29-22/h3-13H,14H2,1-2H3,(H2,26,27,29). The molecule has 0 amide bonds. The van der Waals surface area contributed by atoms with E-state index in [9.17, 15) is 4.79 Å². The zero-order valence-corrected chi connectivity index (χ0v) is 18.6. The highest BCUT2D eigenvalue weighted by Gasteiger charge is 2.16. The van der Waals surface area contributed by atoms with E-state index >= 15 is 0 Å². The number of thioether (sulfide) groups is 1. The molecule has 0 atom stereocenters. The smallest absolute Gasteiger partial charge is 0.266 e. The summed E-state index contributed by atoms with van der Waals surface area (Å²) < 4.78 is 1.69. The van der Waals surface area contributed by atoms with Gasteiger partial charge in [-0.05, 0) is 55.3 Å². The van der Waals surface area contributed by atoms with Gasteiger partial charge in [-0.3, -0.25) is 9.36 Å². The molecule has 6 nitrogen and oxygen atoms in total. The van der Waals surface area contributed by atoms with Gasteiger partial charge in [0.05, 0.1) is 27.9 Å². The van der Waals surface area contributed by atoms with Gasteiger partial charge in [0.1, 0.15) is 11.6 Å². The molecule has 158 valence electrons. The number of anilines is 1. The molecule has 2 heterocycles. The van der Waals surface area contributed by atoms with E-state index in [0.717, 1.165) is 27.7 Å². The second-order valence-corrected chi connectivity index (χ2v) is 8.62. The summed E-state index contributed by atoms with van der Waals surface area (Å²) >= 11 is 1.43. The molecular weight excluding hydrogens is 418 g/mol. The normalized spacial score (nSPS) is 11.3. The van der Waals surface area contributed by atoms with Gasteiger partial charge in [-0.2, -0.15) is 0 Å². The van der Waals surface area contributed by atoms with E-state index in [-0.39, 0.29) is 5.56 Å². The number of nitrogen functional groups attached to an aromatic ring is 1. The third-order valence-electron chi connectivity index (χ3n) is 5.36. The number of para-hydroxylation sites is 2. The predicted octanol–water partition coefficient (Wildman–Crippen LogP) is 4.82. The first-order valence-corrected chi connectivity index (χ1v) is 11.2. The average molecular weight is 440 g/mol. The van der Waals surface area contributed by atoms with Crippen molar-refractivity contribution in [2.45, 2.75) is 24.8 Å². The second kappa shape index (κ2) is 8.09. The van der Waals surface area contributed by atoms with Gasteiger partial charge >= 0.3 is 0 Å². The summed E-state index contributed by atoms with van der Waals surface area (Å²) in [6.07, 6.45) is 0. The third-order valence-corrected chi connectivity index (χ3v) is 6.29. The Kier molecular flexibility index (Phi) is 5.11. The molecule has 0 saturated heterocycles. The maximum atomic E-state index is 13.5. The van der Waals surface area contributed by atoms with Gasteiger partial charge in [0.15, 0.2) is 5.16 Å². The molecule has 0 unspecified atom stereocenters. The Morgan fingerprint density at radius 2 is 1.56 bits per heavy atom. The number of aryl methyl sites for hydroxylation is 2. The molecule has 32 heavy (non-hydrogen) atoms. The highest BCUT2D eigenvalue weighted by Crippen LogP contribution is 2.27. The number of fused-ring (bicyclic) bond motifs is 2. The van der Waals surface area contributed by atoms with Gasteiger partial charge < -0.3 is 5.73 Å². The van der Waals surface area contributed by atoms with E-state index in [1.165, 1.54) is 11.8 Å². The SMILES string of the molecule is Cc1ccc(C)c(-n2c(SCc3nc(N)c4ccccc4n3)nc3ccccc3c2=O)c1. The van der Waals surface area contributed by atoms with Crippen molar-refractivity contribution in [1.29, 1.82) is 0 Å². The maximum Gasteiger partial charge on any atom is 0.266 e. The van der Waals surface area contributed by atoms with Crippen LogP contribution < -0.4 is 11.3 Å². The number of nitrogens with two attached hydrogens (primary N) is 1. The number of hydrogen-bond acceptors (Lipinski definition) is 6. The Morgan fingerprint density at radius 3 is 2.34 bits per heavy atom. The fourth-order valence-corrected chi connectivity index (χ4v) is 4.59. The molecule has 5 rings (SSSR count). The molecule has 0 aliphatic heterocycles. The van der Waals surface area contributed by atoms with E-state index in [1.807, 2.05) is 80.6 Å². The lowest BCUT2D eigenvalue weighted by Gasteiger charge is -2.15. The lowest BCUT2D eigenvalue weighted by molar-refractivity contribution is 0.812. The molecule has 7 heteroatoms. The summed E-state index contributed by atoms with van der Waals surface area (Å²) in [6.45, 7) is 4.01. The van der Waals surface area contributed by atoms with Crippen LogP contribution in [0.5, 0.6) is 0 Å². The Labute approximate surface area is 189 Å². The van der Waals surface area contributed by atoms with Crippen molar-refractivity contribution in [3.63, 3.8) is 0 Å². The largest absolute Gasteiger partial charge is 0.383 e. The predicted molar refractivity (Wildman–Crippen MR) is 130 cm³/mol. The molecule has 2 aromatic heterocycles. The fourth-order valence-electron chi connectivity index (χ4n) is 3.73. The van der Waals surface area contributed by atoms with Crippen molar-refractivity contribution in [2.24, 2.45) is 0 Å². The van der Waals surface area contributed by atoms with E-state index in [4.69, 9.17) is 10.7 Å². The first kappa shape index (κ1) is 20.2. The molecule has 0 aliphatic carbocycles. The lowest BCUT2D eigenvalue weighted by atomic mass is 10.1. The average Bonchev–Trinajstić information content (AvgIpc) is 2.80. The van der Waals surface area contributed by atoms with Gasteiger partial charge in [0.2, 0.25) is 0 Å². The van der Waals surface area contributed by atoms with Crippen molar-refractivity contribution in [3.05, 3.63) is 94.0 Å². The summed E-state index contributed by atoms with van der Waals surface area (Å²) in [4.78, 5) is 27.4. The summed E-state index contributed by atoms with van der Waals surface area (Å²) in [6, 6.07) is 21.2. The first-order valence-electron chi connectivity index (χ1n) is 10.2. The molecule has 0 aliphatic rings. The van der Waals surface area contributed by atoms with E-state index < -0.39 is 0 Å². The molecule has 0 fully saturated rings. The Balaban J connectivity index is 1.63. The van der Waals surface area contributed by atoms with Gasteiger partial charge in [-0.1, -0.05) is 48.2 Å². The van der Waals surface area contributed by atoms with Crippen LogP contribution in [0.1, 0.15) is 17.0 Å². The van der Waals surface area contributed by atoms with Crippen molar-refractivity contribution in [1.82, 2.24) is 19.5 Å². The topological polar surface area (TPSA) is 86.7 Å². The molecule has 0 radical (unpaired) electrons. The van der Waals surface area contributed by atoms with Crippen LogP contribution in [0.2, 0.25) is 0 Å². The van der Waals surface area contributed by atoms with Crippen LogP contribution in [-0.4, -0.2) is 19.5 Å². The van der Waals surface area contributed by atoms with E-state index in [1.54, 1.807) is 4.57 Å². The highest BCUT2D eigenvalue weighted by molar-refractivity contribution is 7.98. The number of nitrogens with zero attached hydrogens (tertiary/aromatic N) is 4. The summed E-state index contributed by atoms with van der Waals surface area (Å²) in [5.41, 5.74) is 10.4. The highest BCUT2D eigenvalue weighted by atomic mass is 32.2. The van der Waals surface area contributed by atoms with Crippen molar-refractivity contribution in [2.75, 3.05) is 5.73 Å². The van der Waals surface area contributed by atoms with Gasteiger partial charge in [-0.15, -0.1) is 0 Å². The second-order valence-electron chi connectivity index (χ2n) is 7.67. The Hall–Kier alpha value is -3.71. The van der Waals surface area contributed by atoms with Crippen molar-refractivity contribution in [3.8, 4) is 5.69 Å². The van der Waals surface area contributed by atoms with Crippen LogP contribution in [0.15, 0.2) is 76.7 Å². The molecule has 2 N–H and O–H groups in total. The molecule has 0 saturated carbocycles. The molecule has 0 bridgehead atoms. The first-order chi connectivity index (χ1) is 15.5. The van der Waals surface area contributed by atoms with Crippen LogP contribution in [-0.2, 0) is 5.75 Å². The monoisotopic (exact) mass is 439 g/mol. The number of hydrogen-bond donors (Lipinski definition) is 1. The minimum absolute atomic E-state index is 0.0919. The quantitative estimate of drug-likeness (QED) is 0.319. The van der Waals surface area contributed by atoms with Crippen LogP contribution >= 0.6 is 11.8 Å². The van der Waals surface area contributed by atoms with Gasteiger partial charge in [0, 0.05) is 5.39 Å². The maximum absolute atomic E-state index is 13.5. The van der Waals surface area contributed by atoms with E-state index in [0.29, 0.717) is 33.5 Å². The Bertz CT molecular complexity index is 1540. The zero-order valence-electron chi connectivity index (χ0n) is 17.7. The minimum atomic E-state index is -0.0919. The third kappa shape index (κ3) is 3.61. The van der Waals surface area contributed by atoms with Gasteiger partial charge in [-0.25, -0.2) is 15.0 Å². The number of aromatic nitrogens is 4. The summed E-state index contributed by atoms with van der Waals surface area (Å²) in [5, 5.41) is 2.01. The Morgan fingerprint density at radius 1 is 0.875 bits per heavy atom. The van der Waals surface area contributed by atoms with Crippen LogP contribution in [0, 0.1) is 13.8 Å². The van der Waals surface area contributed by atoms with Crippen LogP contribution in [0.25, 0.3) is 27.5 Å². The van der Waals surface area contributed by atoms with Crippen molar-refractivity contribution >= 4 is 39.4 Å².